The predicted octanol–water partition coefficient (Wildman–Crippen LogP) is 15.8. The molecule has 7 rings (SSSR count). The van der Waals surface area contributed by atoms with Crippen molar-refractivity contribution < 1.29 is 110 Å². The maximum Gasteiger partial charge on any atom is 0.416 e. The third-order valence-electron chi connectivity index (χ3n) is 12.4. The summed E-state index contributed by atoms with van der Waals surface area (Å²) < 4.78 is 343. The quantitative estimate of drug-likeness (QED) is 0.0249. The van der Waals surface area contributed by atoms with Gasteiger partial charge in [0.15, 0.2) is 12.2 Å². The molecule has 0 amide bonds. The molecule has 29 heteroatoms. The molecule has 7 aromatic rings. The standard InChI is InChI=1S/C32H12BF24.C20H19N4/c34-25(35,36)13-1-14(26(37,38)39)6-21(5-13)33(22-7-15(27(40,41)42)2-16(8-22)28(43,44)45,23-9-17(29(46,47)48)3-18(10-23)30(49,50)51)24-11-19(31(52,53)54)4-20(12-24)32(55,56)57;21-23-22-15-7-6-11-19-14-13-18-10-4-5-12-20(18)24(19)16-17-8-2-1-3-9-17/h1-12H;1-10,12-14H,11,15-16H2/q-1;+1. The Bertz CT molecular complexity index is 3030. The lowest BCUT2D eigenvalue weighted by molar-refractivity contribution is -0.669. The highest BCUT2D eigenvalue weighted by Gasteiger charge is 2.47. The lowest BCUT2D eigenvalue weighted by Crippen LogP contribution is -2.75. The van der Waals surface area contributed by atoms with E-state index in [1.807, 2.05) is 12.1 Å². The van der Waals surface area contributed by atoms with Crippen molar-refractivity contribution in [1.82, 2.24) is 0 Å². The number of hydrogen-bond donors (Lipinski definition) is 0. The molecule has 81 heavy (non-hydrogen) atoms. The molecule has 0 unspecified atom stereocenters. The van der Waals surface area contributed by atoms with Gasteiger partial charge in [0.1, 0.15) is 6.15 Å². The van der Waals surface area contributed by atoms with Gasteiger partial charge in [-0.25, -0.2) is 0 Å². The van der Waals surface area contributed by atoms with Crippen molar-refractivity contribution in [2.75, 3.05) is 6.54 Å². The number of pyridine rings is 1. The van der Waals surface area contributed by atoms with Crippen molar-refractivity contribution in [3.8, 4) is 0 Å². The number of para-hydroxylation sites is 1. The van der Waals surface area contributed by atoms with Crippen molar-refractivity contribution in [3.05, 3.63) is 218 Å². The minimum Gasteiger partial charge on any atom is -0.194 e. The number of allylic oxidation sites excluding steroid dienone is 1. The van der Waals surface area contributed by atoms with Crippen LogP contribution in [0.4, 0.5) is 105 Å². The zero-order valence-electron chi connectivity index (χ0n) is 40.0. The van der Waals surface area contributed by atoms with E-state index < -0.39 is 195 Å². The van der Waals surface area contributed by atoms with E-state index >= 15 is 0 Å². The van der Waals surface area contributed by atoms with E-state index in [1.54, 1.807) is 0 Å². The minimum absolute atomic E-state index is 0.392. The van der Waals surface area contributed by atoms with Gasteiger partial charge in [0, 0.05) is 34.5 Å². The first kappa shape index (κ1) is 62.4. The van der Waals surface area contributed by atoms with Gasteiger partial charge in [-0.1, -0.05) is 108 Å². The van der Waals surface area contributed by atoms with Gasteiger partial charge in [-0.3, -0.25) is 0 Å². The van der Waals surface area contributed by atoms with E-state index in [0.717, 1.165) is 13.0 Å². The van der Waals surface area contributed by atoms with E-state index in [4.69, 9.17) is 5.53 Å². The fraction of sp³-hybridized carbons (Fsp3) is 0.212. The van der Waals surface area contributed by atoms with Crippen LogP contribution in [-0.2, 0) is 62.4 Å². The third kappa shape index (κ3) is 14.8. The summed E-state index contributed by atoms with van der Waals surface area (Å²) >= 11 is 0. The SMILES string of the molecule is FC(F)(F)c1cc([B-](c2cc(C(F)(F)F)cc(C(F)(F)F)c2)(c2cc(C(F)(F)F)cc(C(F)(F)F)c2)c2cc(C(F)(F)F)cc(C(F)(F)F)c2)cc(C(F)(F)F)c1.[N-]=[N+]=NCC=CCc1ccc2ccccc2[n+]1Cc1ccccc1. The number of fused-ring (bicyclic) bond motifs is 1. The number of rotatable bonds is 10. The zero-order valence-corrected chi connectivity index (χ0v) is 40.0. The molecule has 1 heterocycles. The van der Waals surface area contributed by atoms with E-state index in [9.17, 15) is 105 Å². The predicted molar refractivity (Wildman–Crippen MR) is 247 cm³/mol. The molecule has 0 saturated carbocycles. The summed E-state index contributed by atoms with van der Waals surface area (Å²) in [5, 5.41) is 4.76. The molecule has 6 aromatic carbocycles. The molecule has 1 aromatic heterocycles. The van der Waals surface area contributed by atoms with Gasteiger partial charge in [-0.2, -0.15) is 132 Å². The first-order valence-corrected chi connectivity index (χ1v) is 22.6. The van der Waals surface area contributed by atoms with Crippen LogP contribution in [0.5, 0.6) is 0 Å². The molecule has 4 nitrogen and oxygen atoms in total. The van der Waals surface area contributed by atoms with Crippen molar-refractivity contribution in [3.63, 3.8) is 0 Å². The lowest BCUT2D eigenvalue weighted by atomic mass is 9.12. The number of halogens is 24. The molecule has 430 valence electrons. The highest BCUT2D eigenvalue weighted by atomic mass is 19.4. The van der Waals surface area contributed by atoms with Gasteiger partial charge in [-0.15, -0.1) is 0 Å². The summed E-state index contributed by atoms with van der Waals surface area (Å²) in [6, 6.07) is 14.4. The number of aromatic nitrogens is 1. The number of alkyl halides is 24. The Morgan fingerprint density at radius 1 is 0.383 bits per heavy atom. The van der Waals surface area contributed by atoms with Gasteiger partial charge in [0.2, 0.25) is 5.52 Å². The van der Waals surface area contributed by atoms with Crippen LogP contribution in [-0.4, -0.2) is 12.7 Å². The van der Waals surface area contributed by atoms with Crippen LogP contribution in [0.25, 0.3) is 21.3 Å². The van der Waals surface area contributed by atoms with Crippen LogP contribution in [0.2, 0.25) is 0 Å². The number of nitrogens with zero attached hydrogens (tertiary/aromatic N) is 4. The molecule has 0 fully saturated rings. The van der Waals surface area contributed by atoms with Crippen LogP contribution in [0.15, 0.2) is 157 Å². The molecule has 0 radical (unpaired) electrons. The number of azide groups is 1. The molecular formula is C52H31BF24N4. The average Bonchev–Trinajstić information content (AvgIpc) is 3.35. The minimum atomic E-state index is -6.13. The summed E-state index contributed by atoms with van der Waals surface area (Å²) in [4.78, 5) is 2.76. The molecule has 0 bridgehead atoms. The zero-order chi connectivity index (χ0) is 60.5. The van der Waals surface area contributed by atoms with Crippen LogP contribution in [0.1, 0.15) is 55.8 Å². The van der Waals surface area contributed by atoms with Crippen molar-refractivity contribution in [1.29, 1.82) is 0 Å². The molecule has 0 saturated heterocycles. The second-order valence-electron chi connectivity index (χ2n) is 17.8. The average molecular weight is 1180 g/mol. The Kier molecular flexibility index (Phi) is 17.4. The smallest absolute Gasteiger partial charge is 0.194 e. The van der Waals surface area contributed by atoms with E-state index in [1.165, 1.54) is 22.2 Å². The monoisotopic (exact) mass is 1180 g/mol. The Balaban J connectivity index is 0.000000363. The van der Waals surface area contributed by atoms with Crippen molar-refractivity contribution in [2.45, 2.75) is 62.4 Å². The van der Waals surface area contributed by atoms with Gasteiger partial charge in [0.25, 0.3) is 0 Å². The van der Waals surface area contributed by atoms with Crippen LogP contribution >= 0.6 is 0 Å². The molecule has 0 aliphatic rings. The van der Waals surface area contributed by atoms with Crippen LogP contribution in [0.3, 0.4) is 0 Å². The number of benzene rings is 6. The molecule has 0 spiro atoms. The molecule has 0 atom stereocenters. The fourth-order valence-corrected chi connectivity index (χ4v) is 8.87. The van der Waals surface area contributed by atoms with Gasteiger partial charge < -0.3 is 0 Å². The maximum atomic E-state index is 14.2. The Hall–Kier alpha value is -7.84. The first-order chi connectivity index (χ1) is 37.1. The molecule has 0 N–H and O–H groups in total. The van der Waals surface area contributed by atoms with Gasteiger partial charge >= 0.3 is 49.4 Å². The van der Waals surface area contributed by atoms with E-state index in [0.29, 0.717) is 6.54 Å². The maximum absolute atomic E-state index is 14.2. The van der Waals surface area contributed by atoms with Gasteiger partial charge in [0.05, 0.1) is 50.9 Å². The molecular weight excluding hydrogens is 1150 g/mol. The Morgan fingerprint density at radius 2 is 0.691 bits per heavy atom. The second kappa shape index (κ2) is 22.6. The second-order valence-corrected chi connectivity index (χ2v) is 17.8. The van der Waals surface area contributed by atoms with Gasteiger partial charge in [-0.05, 0) is 41.9 Å². The first-order valence-electron chi connectivity index (χ1n) is 22.6. The summed E-state index contributed by atoms with van der Waals surface area (Å²) in [5.41, 5.74) is -18.1. The van der Waals surface area contributed by atoms with Crippen LogP contribution < -0.4 is 26.4 Å². The van der Waals surface area contributed by atoms with E-state index in [2.05, 4.69) is 81.3 Å². The summed E-state index contributed by atoms with van der Waals surface area (Å²) in [5.74, 6) is 0. The highest BCUT2D eigenvalue weighted by molar-refractivity contribution is 7.20. The Labute approximate surface area is 440 Å². The lowest BCUT2D eigenvalue weighted by Gasteiger charge is -2.46. The summed E-state index contributed by atoms with van der Waals surface area (Å²) in [7, 11) is 0. The van der Waals surface area contributed by atoms with E-state index in [-0.39, 0.29) is 0 Å². The summed E-state index contributed by atoms with van der Waals surface area (Å²) in [6.45, 7) is 1.23. The fourth-order valence-electron chi connectivity index (χ4n) is 8.87. The third-order valence-corrected chi connectivity index (χ3v) is 12.4. The Morgan fingerprint density at radius 3 is 1.00 bits per heavy atom. The molecule has 0 aliphatic carbocycles. The van der Waals surface area contributed by atoms with Crippen LogP contribution in [0, 0.1) is 0 Å². The molecule has 0 aliphatic heterocycles. The van der Waals surface area contributed by atoms with Crippen molar-refractivity contribution in [2.24, 2.45) is 5.11 Å². The number of hydrogen-bond acceptors (Lipinski definition) is 1. The largest absolute Gasteiger partial charge is 0.416 e. The summed E-state index contributed by atoms with van der Waals surface area (Å²) in [6.07, 6.45) is -50.0. The van der Waals surface area contributed by atoms with Crippen molar-refractivity contribution >= 4 is 38.9 Å². The highest BCUT2D eigenvalue weighted by Crippen LogP contribution is 2.41. The topological polar surface area (TPSA) is 52.6 Å². The normalized spacial score (nSPS) is 13.3.